The van der Waals surface area contributed by atoms with Gasteiger partial charge in [0.25, 0.3) is 0 Å². The minimum Gasteiger partial charge on any atom is -0.466 e. The highest BCUT2D eigenvalue weighted by Gasteiger charge is 2.12. The number of carbonyl (C=O) groups excluding carboxylic acids is 1. The fourth-order valence-corrected chi connectivity index (χ4v) is 2.39. The lowest BCUT2D eigenvalue weighted by Gasteiger charge is -2.22. The van der Waals surface area contributed by atoms with Gasteiger partial charge in [-0.05, 0) is 32.9 Å². The summed E-state index contributed by atoms with van der Waals surface area (Å²) in [5.74, 6) is -0.234. The number of carbonyl (C=O) groups is 1. The first kappa shape index (κ1) is 23.3. The molecule has 1 aliphatic heterocycles. The van der Waals surface area contributed by atoms with E-state index in [-0.39, 0.29) is 12.4 Å². The van der Waals surface area contributed by atoms with Gasteiger partial charge in [0.2, 0.25) is 0 Å². The van der Waals surface area contributed by atoms with Crippen LogP contribution in [0.5, 0.6) is 0 Å². The van der Waals surface area contributed by atoms with E-state index in [2.05, 4.69) is 5.32 Å². The molecule has 0 aliphatic carbocycles. The van der Waals surface area contributed by atoms with E-state index in [9.17, 15) is 4.79 Å². The summed E-state index contributed by atoms with van der Waals surface area (Å²) >= 11 is 0. The fourth-order valence-electron chi connectivity index (χ4n) is 2.39. The smallest absolute Gasteiger partial charge is 0.308 e. The Hall–Kier alpha value is -0.770. The van der Waals surface area contributed by atoms with E-state index in [0.29, 0.717) is 72.2 Å². The lowest BCUT2D eigenvalue weighted by Crippen LogP contribution is -2.33. The average molecular weight is 377 g/mol. The molecule has 1 fully saturated rings. The maximum absolute atomic E-state index is 11.1. The van der Waals surface area contributed by atoms with Gasteiger partial charge >= 0.3 is 5.97 Å². The Labute approximate surface area is 156 Å². The van der Waals surface area contributed by atoms with Crippen molar-refractivity contribution in [3.63, 3.8) is 0 Å². The third-order valence-electron chi connectivity index (χ3n) is 3.74. The van der Waals surface area contributed by atoms with Crippen molar-refractivity contribution in [2.75, 3.05) is 79.2 Å². The lowest BCUT2D eigenvalue weighted by atomic mass is 10.1. The van der Waals surface area contributed by atoms with Gasteiger partial charge in [0.15, 0.2) is 0 Å². The van der Waals surface area contributed by atoms with Gasteiger partial charge in [-0.15, -0.1) is 0 Å². The molecule has 1 N–H and O–H groups in total. The SMILES string of the molecule is CCOC(=O)CCOCCOCCOCCOCCOC1CCNCC1. The Morgan fingerprint density at radius 3 is 1.85 bits per heavy atom. The molecule has 1 rings (SSSR count). The van der Waals surface area contributed by atoms with Crippen molar-refractivity contribution >= 4 is 5.97 Å². The van der Waals surface area contributed by atoms with Gasteiger partial charge in [-0.25, -0.2) is 0 Å². The Bertz CT molecular complexity index is 325. The van der Waals surface area contributed by atoms with Crippen molar-refractivity contribution < 1.29 is 33.2 Å². The lowest BCUT2D eigenvalue weighted by molar-refractivity contribution is -0.144. The first-order valence-corrected chi connectivity index (χ1v) is 9.61. The third-order valence-corrected chi connectivity index (χ3v) is 3.74. The first-order valence-electron chi connectivity index (χ1n) is 9.61. The molecule has 0 bridgehead atoms. The molecule has 1 heterocycles. The van der Waals surface area contributed by atoms with Crippen molar-refractivity contribution in [1.29, 1.82) is 0 Å². The van der Waals surface area contributed by atoms with Gasteiger partial charge in [0, 0.05) is 0 Å². The zero-order chi connectivity index (χ0) is 18.7. The highest BCUT2D eigenvalue weighted by atomic mass is 16.6. The molecule has 8 heteroatoms. The number of hydrogen-bond acceptors (Lipinski definition) is 8. The van der Waals surface area contributed by atoms with Gasteiger partial charge < -0.3 is 33.7 Å². The van der Waals surface area contributed by atoms with Crippen molar-refractivity contribution in [2.45, 2.75) is 32.3 Å². The molecule has 26 heavy (non-hydrogen) atoms. The summed E-state index contributed by atoms with van der Waals surface area (Å²) in [7, 11) is 0. The summed E-state index contributed by atoms with van der Waals surface area (Å²) < 4.78 is 32.1. The highest BCUT2D eigenvalue weighted by Crippen LogP contribution is 2.06. The molecule has 0 radical (unpaired) electrons. The normalized spacial score (nSPS) is 15.3. The topological polar surface area (TPSA) is 84.5 Å². The second kappa shape index (κ2) is 17.6. The zero-order valence-electron chi connectivity index (χ0n) is 16.0. The second-order valence-corrected chi connectivity index (χ2v) is 5.82. The molecule has 8 nitrogen and oxygen atoms in total. The van der Waals surface area contributed by atoms with Crippen molar-refractivity contribution in [3.05, 3.63) is 0 Å². The molecular formula is C18H35NO7. The van der Waals surface area contributed by atoms with E-state index in [1.54, 1.807) is 6.92 Å². The van der Waals surface area contributed by atoms with Crippen LogP contribution in [0.4, 0.5) is 0 Å². The molecular weight excluding hydrogens is 342 g/mol. The third kappa shape index (κ3) is 14.4. The molecule has 0 aromatic rings. The molecule has 0 aromatic carbocycles. The number of nitrogens with one attached hydrogen (secondary N) is 1. The minimum atomic E-state index is -0.234. The second-order valence-electron chi connectivity index (χ2n) is 5.82. The Morgan fingerprint density at radius 2 is 1.31 bits per heavy atom. The molecule has 0 unspecified atom stereocenters. The quantitative estimate of drug-likeness (QED) is 0.294. The van der Waals surface area contributed by atoms with Crippen molar-refractivity contribution in [3.8, 4) is 0 Å². The summed E-state index contributed by atoms with van der Waals surface area (Å²) in [5.41, 5.74) is 0. The molecule has 154 valence electrons. The van der Waals surface area contributed by atoms with E-state index in [1.165, 1.54) is 0 Å². The predicted molar refractivity (Wildman–Crippen MR) is 96.4 cm³/mol. The van der Waals surface area contributed by atoms with Crippen LogP contribution in [0.15, 0.2) is 0 Å². The molecule has 1 aliphatic rings. The number of piperidine rings is 1. The van der Waals surface area contributed by atoms with E-state index < -0.39 is 0 Å². The minimum absolute atomic E-state index is 0.234. The predicted octanol–water partition coefficient (Wildman–Crippen LogP) is 0.775. The van der Waals surface area contributed by atoms with Crippen LogP contribution in [0.3, 0.4) is 0 Å². The Kier molecular flexibility index (Phi) is 15.8. The van der Waals surface area contributed by atoms with E-state index >= 15 is 0 Å². The average Bonchev–Trinajstić information content (AvgIpc) is 2.66. The maximum atomic E-state index is 11.1. The van der Waals surface area contributed by atoms with Crippen LogP contribution in [0, 0.1) is 0 Å². The highest BCUT2D eigenvalue weighted by molar-refractivity contribution is 5.69. The number of rotatable bonds is 17. The van der Waals surface area contributed by atoms with E-state index in [4.69, 9.17) is 28.4 Å². The van der Waals surface area contributed by atoms with Crippen LogP contribution in [0.2, 0.25) is 0 Å². The number of hydrogen-bond donors (Lipinski definition) is 1. The van der Waals surface area contributed by atoms with Gasteiger partial charge in [-0.1, -0.05) is 0 Å². The Balaban J connectivity index is 1.69. The van der Waals surface area contributed by atoms with Gasteiger partial charge in [-0.3, -0.25) is 4.79 Å². The molecule has 0 amide bonds. The fraction of sp³-hybridized carbons (Fsp3) is 0.944. The van der Waals surface area contributed by atoms with Gasteiger partial charge in [0.05, 0.1) is 78.6 Å². The molecule has 0 spiro atoms. The monoisotopic (exact) mass is 377 g/mol. The summed E-state index contributed by atoms with van der Waals surface area (Å²) in [6, 6.07) is 0. The molecule has 0 saturated carbocycles. The number of esters is 1. The summed E-state index contributed by atoms with van der Waals surface area (Å²) in [5, 5.41) is 3.31. The van der Waals surface area contributed by atoms with E-state index in [0.717, 1.165) is 25.9 Å². The Morgan fingerprint density at radius 1 is 0.808 bits per heavy atom. The largest absolute Gasteiger partial charge is 0.466 e. The van der Waals surface area contributed by atoms with Crippen LogP contribution >= 0.6 is 0 Å². The zero-order valence-corrected chi connectivity index (χ0v) is 16.0. The van der Waals surface area contributed by atoms with Crippen LogP contribution in [0.25, 0.3) is 0 Å². The van der Waals surface area contributed by atoms with E-state index in [1.807, 2.05) is 0 Å². The first-order chi connectivity index (χ1) is 12.8. The summed E-state index contributed by atoms with van der Waals surface area (Å²) in [4.78, 5) is 11.1. The molecule has 1 saturated heterocycles. The van der Waals surface area contributed by atoms with Crippen LogP contribution in [-0.2, 0) is 33.2 Å². The standard InChI is InChI=1S/C18H35NO7/c1-2-25-18(20)5-8-21-9-10-22-11-12-23-13-14-24-15-16-26-17-3-6-19-7-4-17/h17,19H,2-16H2,1H3. The van der Waals surface area contributed by atoms with Crippen molar-refractivity contribution in [1.82, 2.24) is 5.32 Å². The van der Waals surface area contributed by atoms with Crippen molar-refractivity contribution in [2.24, 2.45) is 0 Å². The van der Waals surface area contributed by atoms with Crippen LogP contribution in [0.1, 0.15) is 26.2 Å². The van der Waals surface area contributed by atoms with Gasteiger partial charge in [-0.2, -0.15) is 0 Å². The number of ether oxygens (including phenoxy) is 6. The maximum Gasteiger partial charge on any atom is 0.308 e. The van der Waals surface area contributed by atoms with Crippen LogP contribution < -0.4 is 5.32 Å². The van der Waals surface area contributed by atoms with Gasteiger partial charge in [0.1, 0.15) is 0 Å². The molecule has 0 aromatic heterocycles. The summed E-state index contributed by atoms with van der Waals surface area (Å²) in [6.07, 6.45) is 2.82. The van der Waals surface area contributed by atoms with Crippen LogP contribution in [-0.4, -0.2) is 91.2 Å². The summed E-state index contributed by atoms with van der Waals surface area (Å²) in [6.45, 7) is 8.97. The molecule has 0 atom stereocenters.